The second kappa shape index (κ2) is 4.37. The highest BCUT2D eigenvalue weighted by molar-refractivity contribution is 5.35. The Kier molecular flexibility index (Phi) is 3.17. The van der Waals surface area contributed by atoms with Crippen LogP contribution in [-0.2, 0) is 6.18 Å². The molecule has 98 valence electrons. The molecule has 1 unspecified atom stereocenters. The average Bonchev–Trinajstić information content (AvgIpc) is 2.25. The van der Waals surface area contributed by atoms with Crippen LogP contribution < -0.4 is 0 Å². The highest BCUT2D eigenvalue weighted by Crippen LogP contribution is 2.41. The van der Waals surface area contributed by atoms with Gasteiger partial charge in [0.15, 0.2) is 0 Å². The summed E-state index contributed by atoms with van der Waals surface area (Å²) in [5.41, 5.74) is -1.01. The Hall–Kier alpha value is -1.39. The third-order valence-corrected chi connectivity index (χ3v) is 3.11. The molecule has 0 amide bonds. The van der Waals surface area contributed by atoms with Gasteiger partial charge in [-0.05, 0) is 41.7 Å². The van der Waals surface area contributed by atoms with Crippen LogP contribution in [0.2, 0.25) is 0 Å². The lowest BCUT2D eigenvalue weighted by Gasteiger charge is -2.26. The van der Waals surface area contributed by atoms with E-state index in [0.29, 0.717) is 24.1 Å². The molecule has 0 saturated heterocycles. The van der Waals surface area contributed by atoms with Crippen LogP contribution >= 0.6 is 0 Å². The molecule has 18 heavy (non-hydrogen) atoms. The number of rotatable bonds is 2. The van der Waals surface area contributed by atoms with Crippen molar-refractivity contribution in [3.05, 3.63) is 46.8 Å². The van der Waals surface area contributed by atoms with Gasteiger partial charge in [-0.3, -0.25) is 0 Å². The van der Waals surface area contributed by atoms with Gasteiger partial charge in [0.05, 0.1) is 5.56 Å². The zero-order chi connectivity index (χ0) is 13.5. The predicted molar refractivity (Wildman–Crippen MR) is 57.1 cm³/mol. The number of benzene rings is 1. The van der Waals surface area contributed by atoms with E-state index >= 15 is 0 Å². The number of allylic oxidation sites excluding steroid dienone is 2. The minimum absolute atomic E-state index is 0.00222. The van der Waals surface area contributed by atoms with Crippen molar-refractivity contribution < 1.29 is 22.0 Å². The molecular weight excluding hydrogens is 251 g/mol. The van der Waals surface area contributed by atoms with Crippen molar-refractivity contribution in [2.24, 2.45) is 5.92 Å². The molecule has 1 aromatic rings. The lowest BCUT2D eigenvalue weighted by Crippen LogP contribution is -2.14. The van der Waals surface area contributed by atoms with Crippen molar-refractivity contribution in [3.8, 4) is 0 Å². The van der Waals surface area contributed by atoms with Crippen molar-refractivity contribution in [2.45, 2.75) is 25.7 Å². The maximum absolute atomic E-state index is 14.0. The van der Waals surface area contributed by atoms with Crippen molar-refractivity contribution in [1.29, 1.82) is 0 Å². The minimum atomic E-state index is -4.67. The molecule has 2 rings (SSSR count). The first-order valence-corrected chi connectivity index (χ1v) is 5.50. The Balaban J connectivity index is 2.37. The molecule has 1 aliphatic carbocycles. The zero-order valence-corrected chi connectivity index (χ0v) is 9.56. The summed E-state index contributed by atoms with van der Waals surface area (Å²) in [6.45, 7) is 1.78. The molecule has 0 bridgehead atoms. The summed E-state index contributed by atoms with van der Waals surface area (Å²) in [5.74, 6) is -1.08. The third kappa shape index (κ3) is 2.40. The van der Waals surface area contributed by atoms with Crippen LogP contribution in [0.1, 0.15) is 30.6 Å². The Bertz CT molecular complexity index is 487. The van der Waals surface area contributed by atoms with Crippen LogP contribution in [0, 0.1) is 11.7 Å². The van der Waals surface area contributed by atoms with Crippen molar-refractivity contribution in [1.82, 2.24) is 0 Å². The second-order valence-corrected chi connectivity index (χ2v) is 4.47. The highest BCUT2D eigenvalue weighted by atomic mass is 19.4. The van der Waals surface area contributed by atoms with Gasteiger partial charge in [0, 0.05) is 0 Å². The SMILES string of the molecule is C[C@H]1CC=C1C(F)c1cc(F)cc(C(F)(F)F)c1. The molecule has 0 fully saturated rings. The summed E-state index contributed by atoms with van der Waals surface area (Å²) in [5, 5.41) is 0. The molecule has 5 heteroatoms. The maximum atomic E-state index is 14.0. The zero-order valence-electron chi connectivity index (χ0n) is 9.56. The van der Waals surface area contributed by atoms with Gasteiger partial charge in [0.25, 0.3) is 0 Å². The van der Waals surface area contributed by atoms with E-state index in [1.54, 1.807) is 13.0 Å². The van der Waals surface area contributed by atoms with E-state index in [-0.39, 0.29) is 11.5 Å². The van der Waals surface area contributed by atoms with Crippen LogP contribution in [0.4, 0.5) is 22.0 Å². The molecule has 1 aliphatic rings. The van der Waals surface area contributed by atoms with E-state index in [1.165, 1.54) is 0 Å². The first-order valence-electron chi connectivity index (χ1n) is 5.50. The van der Waals surface area contributed by atoms with Gasteiger partial charge in [-0.25, -0.2) is 8.78 Å². The summed E-state index contributed by atoms with van der Waals surface area (Å²) in [6.07, 6.45) is -3.99. The molecule has 0 aliphatic heterocycles. The van der Waals surface area contributed by atoms with E-state index in [1.807, 2.05) is 0 Å². The maximum Gasteiger partial charge on any atom is 0.416 e. The van der Waals surface area contributed by atoms with E-state index in [0.717, 1.165) is 6.07 Å². The van der Waals surface area contributed by atoms with Crippen molar-refractivity contribution in [2.75, 3.05) is 0 Å². The fraction of sp³-hybridized carbons (Fsp3) is 0.385. The monoisotopic (exact) mass is 262 g/mol. The Labute approximate surface area is 101 Å². The molecule has 0 radical (unpaired) electrons. The fourth-order valence-corrected chi connectivity index (χ4v) is 1.96. The smallest absolute Gasteiger partial charge is 0.237 e. The largest absolute Gasteiger partial charge is 0.416 e. The van der Waals surface area contributed by atoms with Gasteiger partial charge in [-0.15, -0.1) is 0 Å². The Morgan fingerprint density at radius 3 is 2.33 bits per heavy atom. The average molecular weight is 262 g/mol. The quantitative estimate of drug-likeness (QED) is 0.529. The summed E-state index contributed by atoms with van der Waals surface area (Å²) < 4.78 is 64.5. The Morgan fingerprint density at radius 2 is 1.89 bits per heavy atom. The fourth-order valence-electron chi connectivity index (χ4n) is 1.96. The van der Waals surface area contributed by atoms with Gasteiger partial charge in [0.1, 0.15) is 12.0 Å². The van der Waals surface area contributed by atoms with Gasteiger partial charge in [-0.1, -0.05) is 13.0 Å². The summed E-state index contributed by atoms with van der Waals surface area (Å²) in [7, 11) is 0. The second-order valence-electron chi connectivity index (χ2n) is 4.47. The van der Waals surface area contributed by atoms with Crippen LogP contribution in [0.5, 0.6) is 0 Å². The van der Waals surface area contributed by atoms with E-state index in [9.17, 15) is 22.0 Å². The molecule has 0 heterocycles. The third-order valence-electron chi connectivity index (χ3n) is 3.11. The predicted octanol–water partition coefficient (Wildman–Crippen LogP) is 4.82. The number of alkyl halides is 4. The van der Waals surface area contributed by atoms with Crippen LogP contribution in [-0.4, -0.2) is 0 Å². The molecular formula is C13H11F5. The molecule has 0 nitrogen and oxygen atoms in total. The normalized spacial score (nSPS) is 21.2. The molecule has 0 spiro atoms. The first-order chi connectivity index (χ1) is 8.29. The first kappa shape index (κ1) is 13.1. The van der Waals surface area contributed by atoms with Crippen LogP contribution in [0.15, 0.2) is 29.8 Å². The van der Waals surface area contributed by atoms with Gasteiger partial charge < -0.3 is 0 Å². The lowest BCUT2D eigenvalue weighted by atomic mass is 9.81. The van der Waals surface area contributed by atoms with E-state index in [2.05, 4.69) is 0 Å². The standard InChI is InChI=1S/C13H11F5/c1-7-2-3-11(7)12(15)8-4-9(13(16,17)18)6-10(14)5-8/h3-7,12H,2H2,1H3/t7-,12?/m0/s1. The van der Waals surface area contributed by atoms with E-state index in [4.69, 9.17) is 0 Å². The summed E-state index contributed by atoms with van der Waals surface area (Å²) >= 11 is 0. The summed E-state index contributed by atoms with van der Waals surface area (Å²) in [6, 6.07) is 1.85. The van der Waals surface area contributed by atoms with Gasteiger partial charge in [0.2, 0.25) is 0 Å². The van der Waals surface area contributed by atoms with Crippen molar-refractivity contribution in [3.63, 3.8) is 0 Å². The van der Waals surface area contributed by atoms with Crippen molar-refractivity contribution >= 4 is 0 Å². The Morgan fingerprint density at radius 1 is 1.22 bits per heavy atom. The van der Waals surface area contributed by atoms with Crippen LogP contribution in [0.3, 0.4) is 0 Å². The van der Waals surface area contributed by atoms with Gasteiger partial charge >= 0.3 is 6.18 Å². The van der Waals surface area contributed by atoms with E-state index < -0.39 is 23.7 Å². The molecule has 1 aromatic carbocycles. The minimum Gasteiger partial charge on any atom is -0.237 e. The molecule has 0 aromatic heterocycles. The van der Waals surface area contributed by atoms with Gasteiger partial charge in [-0.2, -0.15) is 13.2 Å². The molecule has 2 atom stereocenters. The van der Waals surface area contributed by atoms with Crippen LogP contribution in [0.25, 0.3) is 0 Å². The highest BCUT2D eigenvalue weighted by Gasteiger charge is 2.33. The molecule has 0 N–H and O–H groups in total. The topological polar surface area (TPSA) is 0 Å². The number of halogens is 5. The lowest BCUT2D eigenvalue weighted by molar-refractivity contribution is -0.137. The number of hydrogen-bond donors (Lipinski definition) is 0. The summed E-state index contributed by atoms with van der Waals surface area (Å²) in [4.78, 5) is 0. The number of hydrogen-bond acceptors (Lipinski definition) is 0. The molecule has 0 saturated carbocycles.